The Labute approximate surface area is 277 Å². The van der Waals surface area contributed by atoms with E-state index < -0.39 is 26.8 Å². The Kier molecular flexibility index (Phi) is 8.19. The fraction of sp³-hybridized carbons (Fsp3) is 0.152. The predicted molar refractivity (Wildman–Crippen MR) is 182 cm³/mol. The molecule has 5 heterocycles. The molecule has 1 aliphatic rings. The summed E-state index contributed by atoms with van der Waals surface area (Å²) < 4.78 is 57.3. The van der Waals surface area contributed by atoms with Crippen LogP contribution >= 0.6 is 11.3 Å². The summed E-state index contributed by atoms with van der Waals surface area (Å²) in [5.74, 6) is 3.93. The molecule has 0 radical (unpaired) electrons. The maximum atomic E-state index is 14.2. The lowest BCUT2D eigenvalue weighted by atomic mass is 10.1. The van der Waals surface area contributed by atoms with Crippen molar-refractivity contribution < 1.29 is 17.4 Å². The third-order valence-electron chi connectivity index (χ3n) is 7.88. The number of benzene rings is 2. The van der Waals surface area contributed by atoms with Crippen LogP contribution in [-0.2, 0) is 15.7 Å². The topological polar surface area (TPSA) is 118 Å². The zero-order valence-corrected chi connectivity index (χ0v) is 26.8. The molecule has 1 saturated heterocycles. The Hall–Kier alpha value is -5.12. The van der Waals surface area contributed by atoms with Crippen molar-refractivity contribution in [3.05, 3.63) is 107 Å². The van der Waals surface area contributed by atoms with Crippen LogP contribution < -0.4 is 21.1 Å². The summed E-state index contributed by atoms with van der Waals surface area (Å²) >= 11 is 1.21. The number of alkyl halides is 3. The van der Waals surface area contributed by atoms with Crippen LogP contribution in [0.25, 0.3) is 27.4 Å². The number of fused-ring (bicyclic) bond motifs is 1. The van der Waals surface area contributed by atoms with Crippen molar-refractivity contribution in [3.63, 3.8) is 0 Å². The van der Waals surface area contributed by atoms with Crippen molar-refractivity contribution in [1.82, 2.24) is 29.8 Å². The van der Waals surface area contributed by atoms with Gasteiger partial charge >= 0.3 is 6.18 Å². The van der Waals surface area contributed by atoms with E-state index in [1.165, 1.54) is 34.4 Å². The van der Waals surface area contributed by atoms with E-state index in [9.17, 15) is 22.2 Å². The molecule has 0 amide bonds. The van der Waals surface area contributed by atoms with Crippen molar-refractivity contribution in [2.24, 2.45) is 0 Å². The highest BCUT2D eigenvalue weighted by Crippen LogP contribution is 2.39. The molecule has 0 saturated carbocycles. The third-order valence-corrected chi connectivity index (χ3v) is 10.7. The number of piperazine rings is 1. The highest BCUT2D eigenvalue weighted by molar-refractivity contribution is 8.00. The quantitative estimate of drug-likeness (QED) is 0.207. The minimum Gasteiger partial charge on any atom is -0.368 e. The number of halogens is 3. The summed E-state index contributed by atoms with van der Waals surface area (Å²) in [6, 6.07) is 17.7. The van der Waals surface area contributed by atoms with E-state index in [2.05, 4.69) is 36.4 Å². The number of anilines is 3. The molecule has 244 valence electrons. The lowest BCUT2D eigenvalue weighted by Gasteiger charge is -2.31. The standard InChI is InChI=1S/C33H27F3N8O2S2/c1-48(46,23-5-3-2-4-6-23)24-8-9-27(39-20-24)25-17-21-19-40-31(42-29(21)44(30(25)45)32-38-13-16-47-32)41-22-7-10-28(26(18-22)33(34,35)36)43-14-11-37-12-15-43/h2-10,13,16-20,37H,1,11-12,14-15H2,(H,40,41,42). The van der Waals surface area contributed by atoms with Crippen LogP contribution in [0.3, 0.4) is 0 Å². The summed E-state index contributed by atoms with van der Waals surface area (Å²) in [5.41, 5.74) is -0.239. The number of nitrogens with one attached hydrogen (secondary N) is 2. The fourth-order valence-corrected chi connectivity index (χ4v) is 7.53. The van der Waals surface area contributed by atoms with Gasteiger partial charge in [-0.2, -0.15) is 18.2 Å². The first kappa shape index (κ1) is 31.5. The summed E-state index contributed by atoms with van der Waals surface area (Å²) in [6.07, 6.45) is -0.113. The van der Waals surface area contributed by atoms with Gasteiger partial charge in [0.1, 0.15) is 0 Å². The van der Waals surface area contributed by atoms with Gasteiger partial charge in [0.05, 0.1) is 21.7 Å². The molecular weight excluding hydrogens is 662 g/mol. The largest absolute Gasteiger partial charge is 0.418 e. The van der Waals surface area contributed by atoms with Gasteiger partial charge < -0.3 is 15.5 Å². The number of pyridine rings is 2. The van der Waals surface area contributed by atoms with Crippen molar-refractivity contribution in [2.45, 2.75) is 16.0 Å². The van der Waals surface area contributed by atoms with Crippen molar-refractivity contribution in [3.8, 4) is 16.4 Å². The SMILES string of the molecule is C=S(=O)(c1ccccc1)c1ccc(-c2cc3cnc(Nc4ccc(N5CCNCC5)c(C(F)(F)F)c4)nc3n(-c3nccs3)c2=O)nc1. The van der Waals surface area contributed by atoms with E-state index >= 15 is 0 Å². The van der Waals surface area contributed by atoms with Crippen LogP contribution in [0, 0.1) is 0 Å². The first-order valence-corrected chi connectivity index (χ1v) is 17.4. The highest BCUT2D eigenvalue weighted by atomic mass is 32.2. The molecule has 2 aromatic carbocycles. The number of thiazole rings is 1. The predicted octanol–water partition coefficient (Wildman–Crippen LogP) is 5.61. The lowest BCUT2D eigenvalue weighted by Crippen LogP contribution is -2.44. The minimum absolute atomic E-state index is 0.00315. The number of nitrogens with zero attached hydrogens (tertiary/aromatic N) is 6. The van der Waals surface area contributed by atoms with Gasteiger partial charge in [0, 0.05) is 81.3 Å². The fourth-order valence-electron chi connectivity index (χ4n) is 5.51. The number of hydrogen-bond donors (Lipinski definition) is 2. The van der Waals surface area contributed by atoms with Gasteiger partial charge in [0.15, 0.2) is 10.8 Å². The Morgan fingerprint density at radius 3 is 2.42 bits per heavy atom. The van der Waals surface area contributed by atoms with Gasteiger partial charge in [-0.1, -0.05) is 18.2 Å². The van der Waals surface area contributed by atoms with E-state index in [0.717, 1.165) is 6.07 Å². The average Bonchev–Trinajstić information content (AvgIpc) is 3.63. The third kappa shape index (κ3) is 6.03. The smallest absolute Gasteiger partial charge is 0.368 e. The van der Waals surface area contributed by atoms with Crippen molar-refractivity contribution >= 4 is 55.1 Å². The molecule has 1 atom stereocenters. The second-order valence-corrected chi connectivity index (χ2v) is 14.1. The molecule has 7 rings (SSSR count). The van der Waals surface area contributed by atoms with E-state index in [4.69, 9.17) is 0 Å². The molecule has 4 aromatic heterocycles. The van der Waals surface area contributed by atoms with Gasteiger partial charge in [-0.15, -0.1) is 11.3 Å². The van der Waals surface area contributed by atoms with Gasteiger partial charge in [-0.25, -0.2) is 14.5 Å². The zero-order valence-electron chi connectivity index (χ0n) is 25.1. The van der Waals surface area contributed by atoms with Gasteiger partial charge in [0.25, 0.3) is 5.56 Å². The summed E-state index contributed by atoms with van der Waals surface area (Å²) in [6.45, 7) is 2.11. The van der Waals surface area contributed by atoms with Crippen molar-refractivity contribution in [2.75, 3.05) is 36.4 Å². The molecule has 1 aliphatic heterocycles. The monoisotopic (exact) mass is 688 g/mol. The summed E-state index contributed by atoms with van der Waals surface area (Å²) in [7, 11) is -2.82. The minimum atomic E-state index is -4.58. The molecule has 0 bridgehead atoms. The number of hydrogen-bond acceptors (Lipinski definition) is 10. The molecule has 48 heavy (non-hydrogen) atoms. The maximum absolute atomic E-state index is 14.2. The number of aromatic nitrogens is 5. The molecule has 0 spiro atoms. The highest BCUT2D eigenvalue weighted by Gasteiger charge is 2.35. The normalized spacial score (nSPS) is 14.9. The molecule has 1 fully saturated rings. The van der Waals surface area contributed by atoms with Crippen LogP contribution in [-0.4, -0.2) is 60.8 Å². The van der Waals surface area contributed by atoms with E-state index in [1.54, 1.807) is 65.0 Å². The van der Waals surface area contributed by atoms with E-state index in [0.29, 0.717) is 52.2 Å². The van der Waals surface area contributed by atoms with E-state index in [1.807, 2.05) is 6.07 Å². The molecule has 2 N–H and O–H groups in total. The van der Waals surface area contributed by atoms with Gasteiger partial charge in [-0.05, 0) is 54.4 Å². The van der Waals surface area contributed by atoms with Gasteiger partial charge in [-0.3, -0.25) is 14.0 Å². The summed E-state index contributed by atoms with van der Waals surface area (Å²) in [5, 5.41) is 8.53. The Balaban J connectivity index is 1.27. The Morgan fingerprint density at radius 1 is 0.938 bits per heavy atom. The molecule has 10 nitrogen and oxygen atoms in total. The second-order valence-electron chi connectivity index (χ2n) is 10.9. The van der Waals surface area contributed by atoms with Crippen LogP contribution in [0.2, 0.25) is 0 Å². The molecule has 15 heteroatoms. The molecule has 0 aliphatic carbocycles. The maximum Gasteiger partial charge on any atom is 0.418 e. The van der Waals surface area contributed by atoms with Gasteiger partial charge in [0.2, 0.25) is 5.95 Å². The molecule has 6 aromatic rings. The molecular formula is C33H27F3N8O2S2. The van der Waals surface area contributed by atoms with Crippen LogP contribution in [0.5, 0.6) is 0 Å². The van der Waals surface area contributed by atoms with Crippen LogP contribution in [0.15, 0.2) is 105 Å². The van der Waals surface area contributed by atoms with Crippen LogP contribution in [0.1, 0.15) is 5.56 Å². The first-order chi connectivity index (χ1) is 23.1. The van der Waals surface area contributed by atoms with E-state index in [-0.39, 0.29) is 28.5 Å². The summed E-state index contributed by atoms with van der Waals surface area (Å²) in [4.78, 5) is 34.4. The Morgan fingerprint density at radius 2 is 1.73 bits per heavy atom. The number of rotatable bonds is 7. The average molecular weight is 689 g/mol. The Bertz CT molecular complexity index is 2270. The van der Waals surface area contributed by atoms with Crippen molar-refractivity contribution in [1.29, 1.82) is 0 Å². The second kappa shape index (κ2) is 12.5. The lowest BCUT2D eigenvalue weighted by molar-refractivity contribution is -0.137. The molecule has 1 unspecified atom stereocenters. The van der Waals surface area contributed by atoms with Crippen LogP contribution in [0.4, 0.5) is 30.5 Å². The first-order valence-electron chi connectivity index (χ1n) is 14.7. The zero-order chi connectivity index (χ0) is 33.5.